The Morgan fingerprint density at radius 1 is 1.17 bits per heavy atom. The van der Waals surface area contributed by atoms with Gasteiger partial charge in [0, 0.05) is 30.2 Å². The highest BCUT2D eigenvalue weighted by Crippen LogP contribution is 2.41. The molecule has 4 rings (SSSR count). The number of anilines is 1. The molecule has 1 heterocycles. The first-order valence-corrected chi connectivity index (χ1v) is 12.1. The van der Waals surface area contributed by atoms with Crippen LogP contribution in [0.5, 0.6) is 0 Å². The second-order valence-corrected chi connectivity index (χ2v) is 9.35. The van der Waals surface area contributed by atoms with Crippen LogP contribution in [-0.2, 0) is 4.79 Å². The van der Waals surface area contributed by atoms with Gasteiger partial charge in [-0.2, -0.15) is 0 Å². The molecule has 0 aliphatic heterocycles. The third kappa shape index (κ3) is 5.48. The summed E-state index contributed by atoms with van der Waals surface area (Å²) in [6, 6.07) is 12.9. The van der Waals surface area contributed by atoms with Crippen LogP contribution in [0.3, 0.4) is 0 Å². The van der Waals surface area contributed by atoms with E-state index in [4.69, 9.17) is 16.1 Å². The highest BCUT2D eigenvalue weighted by atomic mass is 16.4. The number of aliphatic carboxylic acids is 1. The van der Waals surface area contributed by atoms with Crippen molar-refractivity contribution in [1.29, 1.82) is 0 Å². The third-order valence-electron chi connectivity index (χ3n) is 6.95. The number of furan rings is 1. The molecule has 0 spiro atoms. The van der Waals surface area contributed by atoms with Crippen LogP contribution in [-0.4, -0.2) is 35.5 Å². The first-order valence-electron chi connectivity index (χ1n) is 12.1. The van der Waals surface area contributed by atoms with E-state index >= 15 is 0 Å². The molecule has 0 radical (unpaired) electrons. The monoisotopic (exact) mass is 473 g/mol. The summed E-state index contributed by atoms with van der Waals surface area (Å²) in [5.41, 5.74) is 3.86. The lowest BCUT2D eigenvalue weighted by Crippen LogP contribution is -2.29. The fourth-order valence-electron chi connectivity index (χ4n) is 4.93. The largest absolute Gasteiger partial charge is 0.481 e. The molecule has 1 fully saturated rings. The number of carbonyl (C=O) groups is 2. The number of carboxylic acids is 1. The number of aryl methyl sites for hydroxylation is 1. The Morgan fingerprint density at radius 2 is 1.89 bits per heavy atom. The maximum Gasteiger partial charge on any atom is 0.305 e. The molecule has 1 aromatic heterocycles. The molecule has 2 N–H and O–H groups in total. The molecule has 7 nitrogen and oxygen atoms in total. The van der Waals surface area contributed by atoms with Crippen LogP contribution in [0, 0.1) is 19.4 Å². The molecule has 1 unspecified atom stereocenters. The van der Waals surface area contributed by atoms with E-state index in [0.717, 1.165) is 40.8 Å². The Morgan fingerprint density at radius 3 is 2.54 bits per heavy atom. The average molecular weight is 474 g/mol. The van der Waals surface area contributed by atoms with Gasteiger partial charge in [0.05, 0.1) is 19.0 Å². The highest BCUT2D eigenvalue weighted by molar-refractivity contribution is 5.94. The first kappa shape index (κ1) is 24.3. The lowest BCUT2D eigenvalue weighted by molar-refractivity contribution is -0.137. The molecule has 0 bridgehead atoms. The van der Waals surface area contributed by atoms with Crippen LogP contribution < -0.4 is 5.32 Å². The lowest BCUT2D eigenvalue weighted by Gasteiger charge is -2.31. The number of nitrogens with one attached hydrogen (secondary N) is 1. The molecule has 1 atom stereocenters. The molecule has 1 amide bonds. The van der Waals surface area contributed by atoms with E-state index in [1.807, 2.05) is 24.3 Å². The molecule has 1 aliphatic rings. The quantitative estimate of drug-likeness (QED) is 0.361. The van der Waals surface area contributed by atoms with Crippen LogP contribution in [0.15, 0.2) is 46.9 Å². The first-order chi connectivity index (χ1) is 16.9. The molecule has 0 saturated heterocycles. The van der Waals surface area contributed by atoms with Gasteiger partial charge in [0.2, 0.25) is 0 Å². The van der Waals surface area contributed by atoms with Gasteiger partial charge in [-0.1, -0.05) is 25.3 Å². The van der Waals surface area contributed by atoms with E-state index < -0.39 is 5.97 Å². The van der Waals surface area contributed by atoms with Crippen LogP contribution in [0.2, 0.25) is 0 Å². The molecule has 1 aliphatic carbocycles. The lowest BCUT2D eigenvalue weighted by atomic mass is 9.82. The minimum atomic E-state index is -0.927. The number of rotatable bonds is 8. The van der Waals surface area contributed by atoms with Crippen molar-refractivity contribution >= 4 is 34.2 Å². The van der Waals surface area contributed by atoms with Crippen molar-refractivity contribution in [3.63, 3.8) is 0 Å². The minimum absolute atomic E-state index is 0.0149. The van der Waals surface area contributed by atoms with Gasteiger partial charge in [-0.15, -0.1) is 0 Å². The fraction of sp³-hybridized carbons (Fsp3) is 0.393. The second kappa shape index (κ2) is 10.6. The summed E-state index contributed by atoms with van der Waals surface area (Å²) in [6.45, 7) is 9.56. The summed E-state index contributed by atoms with van der Waals surface area (Å²) in [7, 11) is 1.61. The molecule has 2 aromatic carbocycles. The van der Waals surface area contributed by atoms with Gasteiger partial charge in [-0.25, -0.2) is 4.85 Å². The molecule has 7 heteroatoms. The van der Waals surface area contributed by atoms with Crippen molar-refractivity contribution in [1.82, 2.24) is 4.90 Å². The van der Waals surface area contributed by atoms with Crippen LogP contribution in [0.4, 0.5) is 11.4 Å². The number of nitrogens with zero attached hydrogens (tertiary/aromatic N) is 2. The van der Waals surface area contributed by atoms with E-state index in [2.05, 4.69) is 17.1 Å². The predicted molar refractivity (Wildman–Crippen MR) is 136 cm³/mol. The Bertz CT molecular complexity index is 1250. The van der Waals surface area contributed by atoms with Crippen molar-refractivity contribution in [3.8, 4) is 0 Å². The zero-order valence-corrected chi connectivity index (χ0v) is 20.2. The maximum absolute atomic E-state index is 12.6. The topological polar surface area (TPSA) is 87.1 Å². The van der Waals surface area contributed by atoms with E-state index in [9.17, 15) is 9.59 Å². The summed E-state index contributed by atoms with van der Waals surface area (Å²) in [4.78, 5) is 28.4. The molecule has 1 saturated carbocycles. The molecular weight excluding hydrogens is 442 g/mol. The van der Waals surface area contributed by atoms with E-state index in [0.29, 0.717) is 17.2 Å². The number of hydrogen-bond acceptors (Lipinski definition) is 4. The van der Waals surface area contributed by atoms with Gasteiger partial charge in [0.25, 0.3) is 5.91 Å². The predicted octanol–water partition coefficient (Wildman–Crippen LogP) is 6.57. The normalized spacial score (nSPS) is 14.9. The number of hydrogen-bond donors (Lipinski definition) is 2. The Kier molecular flexibility index (Phi) is 7.40. The van der Waals surface area contributed by atoms with Crippen LogP contribution >= 0.6 is 0 Å². The van der Waals surface area contributed by atoms with Crippen molar-refractivity contribution in [3.05, 3.63) is 70.8 Å². The molecule has 3 aromatic rings. The van der Waals surface area contributed by atoms with Gasteiger partial charge in [0.1, 0.15) is 11.3 Å². The Labute approximate surface area is 205 Å². The van der Waals surface area contributed by atoms with Crippen molar-refractivity contribution < 1.29 is 19.1 Å². The van der Waals surface area contributed by atoms with Gasteiger partial charge >= 0.3 is 5.97 Å². The smallest absolute Gasteiger partial charge is 0.305 e. The second-order valence-electron chi connectivity index (χ2n) is 9.35. The SMILES string of the molecule is [C-]#[N+]c1ccc2oc(C(Nc3ccc(C(=O)N(C)CCC(=O)O)cc3)C3CCCCC3)c(C)c2c1. The van der Waals surface area contributed by atoms with Crippen LogP contribution in [0.25, 0.3) is 15.8 Å². The number of carbonyl (C=O) groups excluding carboxylic acids is 1. The van der Waals surface area contributed by atoms with E-state index in [1.54, 1.807) is 25.2 Å². The van der Waals surface area contributed by atoms with E-state index in [-0.39, 0.29) is 24.9 Å². The number of amides is 1. The summed E-state index contributed by atoms with van der Waals surface area (Å²) < 4.78 is 6.35. The zero-order chi connectivity index (χ0) is 24.9. The zero-order valence-electron chi connectivity index (χ0n) is 20.2. The maximum atomic E-state index is 12.6. The summed E-state index contributed by atoms with van der Waals surface area (Å²) in [5.74, 6) is 0.198. The number of carboxylic acid groups (broad SMARTS) is 1. The average Bonchev–Trinajstić information content (AvgIpc) is 3.21. The van der Waals surface area contributed by atoms with Crippen LogP contribution in [0.1, 0.15) is 66.2 Å². The molecular formula is C28H31N3O4. The Balaban J connectivity index is 1.59. The van der Waals surface area contributed by atoms with Crippen molar-refractivity contribution in [2.75, 3.05) is 18.9 Å². The van der Waals surface area contributed by atoms with E-state index in [1.165, 1.54) is 24.2 Å². The Hall–Kier alpha value is -3.79. The number of fused-ring (bicyclic) bond motifs is 1. The molecule has 182 valence electrons. The highest BCUT2D eigenvalue weighted by Gasteiger charge is 2.30. The summed E-state index contributed by atoms with van der Waals surface area (Å²) in [5, 5.41) is 13.5. The van der Waals surface area contributed by atoms with Crippen molar-refractivity contribution in [2.24, 2.45) is 5.92 Å². The molecule has 35 heavy (non-hydrogen) atoms. The minimum Gasteiger partial charge on any atom is -0.481 e. The van der Waals surface area contributed by atoms with Gasteiger partial charge in [0.15, 0.2) is 5.69 Å². The van der Waals surface area contributed by atoms with Gasteiger partial charge < -0.3 is 19.7 Å². The fourth-order valence-corrected chi connectivity index (χ4v) is 4.93. The summed E-state index contributed by atoms with van der Waals surface area (Å²) >= 11 is 0. The van der Waals surface area contributed by atoms with Gasteiger partial charge in [-0.3, -0.25) is 9.59 Å². The number of benzene rings is 2. The standard InChI is InChI=1S/C28H31N3O4/c1-18-23-17-22(29-2)13-14-24(23)35-27(18)26(19-7-5-4-6-8-19)30-21-11-9-20(10-12-21)28(34)31(3)16-15-25(32)33/h9-14,17,19,26,30H,4-8,15-16H2,1,3H3,(H,32,33). The van der Waals surface area contributed by atoms with Crippen molar-refractivity contribution in [2.45, 2.75) is 51.5 Å². The third-order valence-corrected chi connectivity index (χ3v) is 6.95. The summed E-state index contributed by atoms with van der Waals surface area (Å²) in [6.07, 6.45) is 5.79. The van der Waals surface area contributed by atoms with Gasteiger partial charge in [-0.05, 0) is 67.6 Å².